The summed E-state index contributed by atoms with van der Waals surface area (Å²) in [6.07, 6.45) is -0.940. The van der Waals surface area contributed by atoms with Crippen molar-refractivity contribution in [3.05, 3.63) is 33.4 Å². The molecule has 1 aliphatic heterocycles. The summed E-state index contributed by atoms with van der Waals surface area (Å²) in [5.41, 5.74) is 0.305. The highest BCUT2D eigenvalue weighted by Crippen LogP contribution is 2.45. The van der Waals surface area contributed by atoms with Gasteiger partial charge in [-0.2, -0.15) is 9.40 Å². The quantitative estimate of drug-likeness (QED) is 0.600. The summed E-state index contributed by atoms with van der Waals surface area (Å²) in [7, 11) is -3.54. The highest BCUT2D eigenvalue weighted by Gasteiger charge is 2.35. The van der Waals surface area contributed by atoms with Crippen LogP contribution in [0.15, 0.2) is 26.2 Å². The van der Waals surface area contributed by atoms with E-state index >= 15 is 0 Å². The molecule has 158 valence electrons. The minimum atomic E-state index is -3.54. The average Bonchev–Trinajstić information content (AvgIpc) is 3.24. The van der Waals surface area contributed by atoms with Crippen molar-refractivity contribution in [2.24, 2.45) is 0 Å². The lowest BCUT2D eigenvalue weighted by molar-refractivity contribution is -0.133. The van der Waals surface area contributed by atoms with Gasteiger partial charge in [0.1, 0.15) is 16.4 Å². The van der Waals surface area contributed by atoms with E-state index < -0.39 is 16.4 Å². The number of amides is 1. The van der Waals surface area contributed by atoms with Gasteiger partial charge in [0.2, 0.25) is 5.91 Å². The van der Waals surface area contributed by atoms with Crippen LogP contribution in [0.1, 0.15) is 36.6 Å². The molecule has 0 N–H and O–H groups in total. The molecular weight excluding hydrogens is 490 g/mol. The third-order valence-electron chi connectivity index (χ3n) is 5.09. The van der Waals surface area contributed by atoms with Gasteiger partial charge in [-0.1, -0.05) is 6.07 Å². The fraction of sp³-hybridized carbons (Fsp3) is 0.529. The zero-order valence-corrected chi connectivity index (χ0v) is 18.5. The van der Waals surface area contributed by atoms with Crippen molar-refractivity contribution >= 4 is 43.2 Å². The van der Waals surface area contributed by atoms with Gasteiger partial charge >= 0.3 is 0 Å². The summed E-state index contributed by atoms with van der Waals surface area (Å²) in [6, 6.07) is 3.25. The van der Waals surface area contributed by atoms with E-state index in [4.69, 9.17) is 0 Å². The molecule has 0 bridgehead atoms. The Morgan fingerprint density at radius 2 is 1.97 bits per heavy atom. The molecule has 0 radical (unpaired) electrons. The van der Waals surface area contributed by atoms with E-state index in [-0.39, 0.29) is 58.9 Å². The normalized spacial score (nSPS) is 18.6. The largest absolute Gasteiger partial charge is 0.338 e. The van der Waals surface area contributed by atoms with Gasteiger partial charge in [0, 0.05) is 32.1 Å². The maximum absolute atomic E-state index is 13.2. The zero-order chi connectivity index (χ0) is 20.8. The number of carbonyl (C=O) groups is 1. The standard InChI is InChI=1S/C17H19BrF2N4O3S2/c18-14-15(17(19)20)21-24(16(14)11-3-4-11)10-12(25)22-5-7-23(8-6-22)29(26,27)13-2-1-9-28-13/h1-2,9,11,17H,3-8,10H2. The van der Waals surface area contributed by atoms with Crippen LogP contribution in [0, 0.1) is 0 Å². The number of hydrogen-bond donors (Lipinski definition) is 0. The Bertz CT molecular complexity index is 998. The molecule has 0 spiro atoms. The SMILES string of the molecule is O=C(Cn1nc(C(F)F)c(Br)c1C1CC1)N1CCN(S(=O)(=O)c2cccs2)CC1. The first-order valence-corrected chi connectivity index (χ1v) is 12.3. The molecule has 1 aliphatic carbocycles. The molecule has 2 fully saturated rings. The second-order valence-electron chi connectivity index (χ2n) is 7.03. The van der Waals surface area contributed by atoms with Gasteiger partial charge in [-0.15, -0.1) is 11.3 Å². The molecule has 0 aromatic carbocycles. The number of thiophene rings is 1. The smallest absolute Gasteiger partial charge is 0.283 e. The first kappa shape index (κ1) is 20.9. The molecule has 1 amide bonds. The highest BCUT2D eigenvalue weighted by molar-refractivity contribution is 9.10. The van der Waals surface area contributed by atoms with Crippen LogP contribution < -0.4 is 0 Å². The predicted molar refractivity (Wildman–Crippen MR) is 107 cm³/mol. The van der Waals surface area contributed by atoms with Gasteiger partial charge in [-0.3, -0.25) is 9.48 Å². The molecule has 4 rings (SSSR count). The number of piperazine rings is 1. The molecule has 2 aromatic heterocycles. The Morgan fingerprint density at radius 1 is 1.28 bits per heavy atom. The molecule has 0 unspecified atom stereocenters. The average molecular weight is 509 g/mol. The summed E-state index contributed by atoms with van der Waals surface area (Å²) >= 11 is 4.38. The number of halogens is 3. The Morgan fingerprint density at radius 3 is 2.52 bits per heavy atom. The second-order valence-corrected chi connectivity index (χ2v) is 10.9. The Balaban J connectivity index is 1.43. The molecule has 3 heterocycles. The number of carbonyl (C=O) groups excluding carboxylic acids is 1. The van der Waals surface area contributed by atoms with E-state index in [1.54, 1.807) is 22.4 Å². The number of alkyl halides is 2. The van der Waals surface area contributed by atoms with Crippen molar-refractivity contribution < 1.29 is 22.0 Å². The lowest BCUT2D eigenvalue weighted by Crippen LogP contribution is -2.51. The van der Waals surface area contributed by atoms with E-state index in [0.29, 0.717) is 5.69 Å². The third-order valence-corrected chi connectivity index (χ3v) is 9.18. The fourth-order valence-electron chi connectivity index (χ4n) is 3.42. The van der Waals surface area contributed by atoms with Crippen molar-refractivity contribution in [1.29, 1.82) is 0 Å². The van der Waals surface area contributed by atoms with Gasteiger partial charge in [-0.05, 0) is 40.2 Å². The Kier molecular flexibility index (Phi) is 5.79. The van der Waals surface area contributed by atoms with Crippen molar-refractivity contribution in [2.75, 3.05) is 26.2 Å². The molecule has 2 aliphatic rings. The summed E-state index contributed by atoms with van der Waals surface area (Å²) in [5.74, 6) is -0.110. The van der Waals surface area contributed by atoms with Gasteiger partial charge in [0.15, 0.2) is 0 Å². The molecule has 0 atom stereocenters. The number of hydrogen-bond acceptors (Lipinski definition) is 5. The van der Waals surface area contributed by atoms with E-state index in [1.165, 1.54) is 8.99 Å². The summed E-state index contributed by atoms with van der Waals surface area (Å²) in [5, 5.41) is 5.67. The van der Waals surface area contributed by atoms with Gasteiger partial charge in [-0.25, -0.2) is 17.2 Å². The van der Waals surface area contributed by atoms with Crippen LogP contribution in [-0.4, -0.2) is 59.5 Å². The van der Waals surface area contributed by atoms with Gasteiger partial charge in [0.05, 0.1) is 10.2 Å². The van der Waals surface area contributed by atoms with Crippen molar-refractivity contribution in [2.45, 2.75) is 35.9 Å². The number of nitrogens with zero attached hydrogens (tertiary/aromatic N) is 4. The van der Waals surface area contributed by atoms with Crippen LogP contribution in [0.25, 0.3) is 0 Å². The van der Waals surface area contributed by atoms with Gasteiger partial charge < -0.3 is 4.90 Å². The summed E-state index contributed by atoms with van der Waals surface area (Å²) in [6.45, 7) is 0.784. The molecule has 1 saturated heterocycles. The lowest BCUT2D eigenvalue weighted by atomic mass is 10.2. The predicted octanol–water partition coefficient (Wildman–Crippen LogP) is 3.06. The minimum Gasteiger partial charge on any atom is -0.338 e. The number of rotatable bonds is 6. The van der Waals surface area contributed by atoms with Crippen LogP contribution >= 0.6 is 27.3 Å². The van der Waals surface area contributed by atoms with Crippen LogP contribution in [0.4, 0.5) is 8.78 Å². The van der Waals surface area contributed by atoms with E-state index in [2.05, 4.69) is 21.0 Å². The van der Waals surface area contributed by atoms with Crippen molar-refractivity contribution in [3.8, 4) is 0 Å². The Hall–Kier alpha value is -1.37. The fourth-order valence-corrected chi connectivity index (χ4v) is 6.77. The first-order valence-electron chi connectivity index (χ1n) is 9.14. The van der Waals surface area contributed by atoms with Crippen LogP contribution in [0.2, 0.25) is 0 Å². The first-order chi connectivity index (χ1) is 13.8. The molecular formula is C17H19BrF2N4O3S2. The minimum absolute atomic E-state index is 0.130. The zero-order valence-electron chi connectivity index (χ0n) is 15.3. The van der Waals surface area contributed by atoms with Crippen molar-refractivity contribution in [1.82, 2.24) is 19.0 Å². The second kappa shape index (κ2) is 8.05. The number of sulfonamides is 1. The topological polar surface area (TPSA) is 75.5 Å². The molecule has 7 nitrogen and oxygen atoms in total. The molecule has 2 aromatic rings. The lowest BCUT2D eigenvalue weighted by Gasteiger charge is -2.33. The molecule has 12 heteroatoms. The maximum atomic E-state index is 13.2. The van der Waals surface area contributed by atoms with Gasteiger partial charge in [0.25, 0.3) is 16.4 Å². The summed E-state index contributed by atoms with van der Waals surface area (Å²) in [4.78, 5) is 14.3. The van der Waals surface area contributed by atoms with Crippen molar-refractivity contribution in [3.63, 3.8) is 0 Å². The number of aromatic nitrogens is 2. The van der Waals surface area contributed by atoms with Crippen LogP contribution in [-0.2, 0) is 21.4 Å². The third kappa shape index (κ3) is 4.12. The maximum Gasteiger partial charge on any atom is 0.283 e. The monoisotopic (exact) mass is 508 g/mol. The van der Waals surface area contributed by atoms with Crippen LogP contribution in [0.5, 0.6) is 0 Å². The van der Waals surface area contributed by atoms with E-state index in [0.717, 1.165) is 24.2 Å². The van der Waals surface area contributed by atoms with E-state index in [9.17, 15) is 22.0 Å². The summed E-state index contributed by atoms with van der Waals surface area (Å²) < 4.78 is 54.9. The van der Waals surface area contributed by atoms with Crippen LogP contribution in [0.3, 0.4) is 0 Å². The molecule has 1 saturated carbocycles. The Labute approximate surface area is 179 Å². The van der Waals surface area contributed by atoms with E-state index in [1.807, 2.05) is 0 Å². The molecule has 29 heavy (non-hydrogen) atoms. The highest BCUT2D eigenvalue weighted by atomic mass is 79.9.